The number of aliphatic hydroxyl groups excluding tert-OH is 1. The number of nitrogens with one attached hydrogen (secondary N) is 3. The van der Waals surface area contributed by atoms with Gasteiger partial charge in [0.2, 0.25) is 0 Å². The van der Waals surface area contributed by atoms with E-state index in [1.165, 1.54) is 13.1 Å². The molecule has 0 spiro atoms. The fourth-order valence-electron chi connectivity index (χ4n) is 1.47. The van der Waals surface area contributed by atoms with Crippen LogP contribution in [0.5, 0.6) is 0 Å². The lowest BCUT2D eigenvalue weighted by atomic mass is 10.1. The van der Waals surface area contributed by atoms with Crippen LogP contribution in [0.15, 0.2) is 36.0 Å². The van der Waals surface area contributed by atoms with Crippen LogP contribution in [0.25, 0.3) is 0 Å². The molecule has 1 rings (SSSR count). The zero-order valence-electron chi connectivity index (χ0n) is 10.8. The molecule has 0 atom stereocenters. The molecule has 0 radical (unpaired) electrons. The normalized spacial score (nSPS) is 11.3. The molecule has 0 aliphatic heterocycles. The second kappa shape index (κ2) is 7.34. The van der Waals surface area contributed by atoms with E-state index in [-0.39, 0.29) is 6.61 Å². The Morgan fingerprint density at radius 2 is 2.20 bits per heavy atom. The van der Waals surface area contributed by atoms with E-state index >= 15 is 0 Å². The standard InChI is InChI=1S/C13H15F2N3O2/c1-17-6-10(11(16)12(14)15)13(20)18-9-4-2-3-8(5-9)7-19/h2-6,12,16-17,19H,7H2,1H3,(H,18,20)/b10-6+,16-11?. The number of benzene rings is 1. The van der Waals surface area contributed by atoms with Crippen molar-refractivity contribution in [3.05, 3.63) is 41.6 Å². The highest BCUT2D eigenvalue weighted by Crippen LogP contribution is 2.13. The Labute approximate surface area is 114 Å². The van der Waals surface area contributed by atoms with Crippen molar-refractivity contribution >= 4 is 17.3 Å². The molecule has 0 fully saturated rings. The van der Waals surface area contributed by atoms with Gasteiger partial charge in [-0.25, -0.2) is 8.78 Å². The fraction of sp³-hybridized carbons (Fsp3) is 0.231. The molecule has 0 aromatic heterocycles. The first-order valence-corrected chi connectivity index (χ1v) is 5.75. The van der Waals surface area contributed by atoms with Gasteiger partial charge in [-0.05, 0) is 17.7 Å². The second-order valence-electron chi connectivity index (χ2n) is 3.87. The lowest BCUT2D eigenvalue weighted by Gasteiger charge is -2.10. The van der Waals surface area contributed by atoms with Gasteiger partial charge in [-0.1, -0.05) is 12.1 Å². The summed E-state index contributed by atoms with van der Waals surface area (Å²) in [7, 11) is 1.44. The van der Waals surface area contributed by atoms with Crippen LogP contribution in [0.4, 0.5) is 14.5 Å². The lowest BCUT2D eigenvalue weighted by Crippen LogP contribution is -2.25. The van der Waals surface area contributed by atoms with Crippen molar-refractivity contribution < 1.29 is 18.7 Å². The minimum atomic E-state index is -3.04. The fourth-order valence-corrected chi connectivity index (χ4v) is 1.47. The molecule has 1 amide bonds. The van der Waals surface area contributed by atoms with Crippen LogP contribution in [-0.4, -0.2) is 30.2 Å². The molecular formula is C13H15F2N3O2. The molecule has 4 N–H and O–H groups in total. The molecule has 20 heavy (non-hydrogen) atoms. The van der Waals surface area contributed by atoms with Gasteiger partial charge in [-0.3, -0.25) is 10.2 Å². The van der Waals surface area contributed by atoms with Crippen molar-refractivity contribution in [2.45, 2.75) is 13.0 Å². The zero-order valence-corrected chi connectivity index (χ0v) is 10.8. The first-order chi connectivity index (χ1) is 9.49. The average molecular weight is 283 g/mol. The first-order valence-electron chi connectivity index (χ1n) is 5.75. The summed E-state index contributed by atoms with van der Waals surface area (Å²) in [6.45, 7) is -0.199. The van der Waals surface area contributed by atoms with Gasteiger partial charge < -0.3 is 15.7 Å². The maximum Gasteiger partial charge on any atom is 0.280 e. The van der Waals surface area contributed by atoms with Crippen LogP contribution < -0.4 is 10.6 Å². The summed E-state index contributed by atoms with van der Waals surface area (Å²) in [4.78, 5) is 11.9. The number of carbonyl (C=O) groups excluding carboxylic acids is 1. The molecule has 0 heterocycles. The minimum absolute atomic E-state index is 0.199. The highest BCUT2D eigenvalue weighted by molar-refractivity contribution is 6.25. The van der Waals surface area contributed by atoms with E-state index in [9.17, 15) is 13.6 Å². The van der Waals surface area contributed by atoms with Gasteiger partial charge in [-0.2, -0.15) is 0 Å². The van der Waals surface area contributed by atoms with E-state index in [0.29, 0.717) is 11.3 Å². The number of halogens is 2. The molecule has 5 nitrogen and oxygen atoms in total. The molecule has 0 unspecified atom stereocenters. The third-order valence-electron chi connectivity index (χ3n) is 2.41. The SMILES string of the molecule is CN/C=C(\C(=N)C(F)F)C(=O)Nc1cccc(CO)c1. The molecule has 0 saturated heterocycles. The monoisotopic (exact) mass is 283 g/mol. The number of aliphatic hydroxyl groups is 1. The smallest absolute Gasteiger partial charge is 0.280 e. The van der Waals surface area contributed by atoms with Gasteiger partial charge in [0.1, 0.15) is 5.71 Å². The van der Waals surface area contributed by atoms with E-state index < -0.39 is 23.6 Å². The molecule has 0 aliphatic carbocycles. The largest absolute Gasteiger partial charge is 0.393 e. The number of amides is 1. The predicted molar refractivity (Wildman–Crippen MR) is 71.9 cm³/mol. The number of alkyl halides is 2. The van der Waals surface area contributed by atoms with Crippen LogP contribution in [-0.2, 0) is 11.4 Å². The first kappa shape index (κ1) is 15.8. The zero-order chi connectivity index (χ0) is 15.1. The van der Waals surface area contributed by atoms with Crippen molar-refractivity contribution in [1.82, 2.24) is 5.32 Å². The Morgan fingerprint density at radius 1 is 1.50 bits per heavy atom. The van der Waals surface area contributed by atoms with Crippen LogP contribution in [0.1, 0.15) is 5.56 Å². The van der Waals surface area contributed by atoms with Gasteiger partial charge in [0.05, 0.1) is 12.2 Å². The number of carbonyl (C=O) groups is 1. The van der Waals surface area contributed by atoms with Crippen molar-refractivity contribution in [2.24, 2.45) is 0 Å². The van der Waals surface area contributed by atoms with E-state index in [2.05, 4.69) is 10.6 Å². The Morgan fingerprint density at radius 3 is 2.75 bits per heavy atom. The molecule has 0 aliphatic rings. The Kier molecular flexibility index (Phi) is 5.79. The summed E-state index contributed by atoms with van der Waals surface area (Å²) in [5.41, 5.74) is -0.580. The van der Waals surface area contributed by atoms with Gasteiger partial charge in [-0.15, -0.1) is 0 Å². The van der Waals surface area contributed by atoms with Gasteiger partial charge in [0.25, 0.3) is 12.3 Å². The Hall–Kier alpha value is -2.28. The average Bonchev–Trinajstić information content (AvgIpc) is 2.43. The van der Waals surface area contributed by atoms with E-state index in [1.54, 1.807) is 18.2 Å². The highest BCUT2D eigenvalue weighted by Gasteiger charge is 2.22. The van der Waals surface area contributed by atoms with E-state index in [1.807, 2.05) is 0 Å². The van der Waals surface area contributed by atoms with Crippen LogP contribution in [0.2, 0.25) is 0 Å². The highest BCUT2D eigenvalue weighted by atomic mass is 19.3. The number of hydrogen-bond donors (Lipinski definition) is 4. The van der Waals surface area contributed by atoms with Crippen LogP contribution >= 0.6 is 0 Å². The Balaban J connectivity index is 2.91. The summed E-state index contributed by atoms with van der Waals surface area (Å²) >= 11 is 0. The molecule has 1 aromatic carbocycles. The van der Waals surface area contributed by atoms with Crippen LogP contribution in [0, 0.1) is 5.41 Å². The minimum Gasteiger partial charge on any atom is -0.393 e. The molecule has 0 bridgehead atoms. The second-order valence-corrected chi connectivity index (χ2v) is 3.87. The van der Waals surface area contributed by atoms with Crippen molar-refractivity contribution in [2.75, 3.05) is 12.4 Å². The molecular weight excluding hydrogens is 268 g/mol. The molecule has 1 aromatic rings. The Bertz CT molecular complexity index is 530. The van der Waals surface area contributed by atoms with E-state index in [4.69, 9.17) is 10.5 Å². The van der Waals surface area contributed by atoms with Gasteiger partial charge in [0.15, 0.2) is 0 Å². The van der Waals surface area contributed by atoms with Gasteiger partial charge in [0, 0.05) is 18.9 Å². The molecule has 7 heteroatoms. The predicted octanol–water partition coefficient (Wildman–Crippen LogP) is 1.51. The molecule has 0 saturated carbocycles. The number of rotatable bonds is 6. The summed E-state index contributed by atoms with van der Waals surface area (Å²) in [5, 5.41) is 21.1. The van der Waals surface area contributed by atoms with Gasteiger partial charge >= 0.3 is 0 Å². The lowest BCUT2D eigenvalue weighted by molar-refractivity contribution is -0.112. The van der Waals surface area contributed by atoms with Crippen molar-refractivity contribution in [3.8, 4) is 0 Å². The third-order valence-corrected chi connectivity index (χ3v) is 2.41. The molecule has 108 valence electrons. The number of hydrogen-bond acceptors (Lipinski definition) is 4. The number of anilines is 1. The third kappa shape index (κ3) is 4.13. The van der Waals surface area contributed by atoms with Crippen molar-refractivity contribution in [3.63, 3.8) is 0 Å². The maximum absolute atomic E-state index is 12.5. The summed E-state index contributed by atoms with van der Waals surface area (Å²) in [6, 6.07) is 6.34. The van der Waals surface area contributed by atoms with Crippen molar-refractivity contribution in [1.29, 1.82) is 5.41 Å². The summed E-state index contributed by atoms with van der Waals surface area (Å²) < 4.78 is 25.0. The summed E-state index contributed by atoms with van der Waals surface area (Å²) in [5.74, 6) is -0.820. The topological polar surface area (TPSA) is 85.2 Å². The quantitative estimate of drug-likeness (QED) is 0.471. The maximum atomic E-state index is 12.5. The van der Waals surface area contributed by atoms with Crippen LogP contribution in [0.3, 0.4) is 0 Å². The van der Waals surface area contributed by atoms with E-state index in [0.717, 1.165) is 6.20 Å². The summed E-state index contributed by atoms with van der Waals surface area (Å²) in [6.07, 6.45) is -2.00.